The van der Waals surface area contributed by atoms with E-state index in [0.717, 1.165) is 27.8 Å². The third-order valence-electron chi connectivity index (χ3n) is 15.6. The molecule has 0 aliphatic carbocycles. The third kappa shape index (κ3) is 11.7. The number of rotatable bonds is 17. The highest BCUT2D eigenvalue weighted by Crippen LogP contribution is 2.47. The SMILES string of the molecule is C=CCOC(=O)N1c2cc(OCCCCCOc3cc4c(cc3OC)C(=O)N3C=C(c5ccc(F)cc5)C[C@H]3[C@H](C)N4C(=O)OCc3ccccc3)c(C)cc2C(=O)N2C=C(c3ccc(F)cc3)C[C@H]2[C@@H]1O[Si](C)(C)C(C)(C)C. The van der Waals surface area contributed by atoms with Gasteiger partial charge in [-0.1, -0.05) is 88.0 Å². The fraction of sp³-hybridized carbons (Fsp3) is 0.355. The van der Waals surface area contributed by atoms with Gasteiger partial charge in [-0.05, 0) is 134 Å². The Morgan fingerprint density at radius 1 is 0.696 bits per heavy atom. The summed E-state index contributed by atoms with van der Waals surface area (Å²) in [7, 11) is -1.17. The molecule has 4 aliphatic heterocycles. The molecule has 9 rings (SSSR count). The van der Waals surface area contributed by atoms with Crippen LogP contribution in [0.2, 0.25) is 18.1 Å². The molecule has 0 N–H and O–H groups in total. The van der Waals surface area contributed by atoms with Crippen molar-refractivity contribution in [2.24, 2.45) is 0 Å². The Morgan fingerprint density at radius 2 is 1.23 bits per heavy atom. The summed E-state index contributed by atoms with van der Waals surface area (Å²) < 4.78 is 65.5. The van der Waals surface area contributed by atoms with Gasteiger partial charge in [0.15, 0.2) is 26.0 Å². The van der Waals surface area contributed by atoms with E-state index in [1.54, 1.807) is 70.7 Å². The summed E-state index contributed by atoms with van der Waals surface area (Å²) in [5.41, 5.74) is 5.77. The number of hydrogen-bond acceptors (Lipinski definition) is 10. The van der Waals surface area contributed by atoms with Crippen LogP contribution in [-0.4, -0.2) is 93.4 Å². The highest BCUT2D eigenvalue weighted by molar-refractivity contribution is 6.74. The van der Waals surface area contributed by atoms with Crippen LogP contribution in [0.3, 0.4) is 0 Å². The smallest absolute Gasteiger partial charge is 0.416 e. The van der Waals surface area contributed by atoms with Crippen LogP contribution in [0.4, 0.5) is 29.7 Å². The van der Waals surface area contributed by atoms with Gasteiger partial charge in [-0.3, -0.25) is 14.5 Å². The maximum absolute atomic E-state index is 14.8. The lowest BCUT2D eigenvalue weighted by molar-refractivity contribution is 0.0590. The van der Waals surface area contributed by atoms with Gasteiger partial charge in [-0.25, -0.2) is 23.3 Å². The molecule has 0 spiro atoms. The second-order valence-corrected chi connectivity index (χ2v) is 26.6. The van der Waals surface area contributed by atoms with Crippen LogP contribution in [0, 0.1) is 18.6 Å². The number of unbranched alkanes of at least 4 members (excludes halogenated alkanes) is 2. The Kier molecular flexibility index (Phi) is 16.5. The van der Waals surface area contributed by atoms with Crippen LogP contribution in [0.25, 0.3) is 11.1 Å². The van der Waals surface area contributed by atoms with Crippen LogP contribution in [0.5, 0.6) is 17.2 Å². The molecule has 79 heavy (non-hydrogen) atoms. The summed E-state index contributed by atoms with van der Waals surface area (Å²) in [4.78, 5) is 64.4. The van der Waals surface area contributed by atoms with Gasteiger partial charge in [0.05, 0.1) is 61.0 Å². The Hall–Kier alpha value is -7.76. The number of nitrogens with zero attached hydrogens (tertiary/aromatic N) is 4. The van der Waals surface area contributed by atoms with Crippen LogP contribution in [0.1, 0.15) is 103 Å². The zero-order valence-electron chi connectivity index (χ0n) is 46.1. The summed E-state index contributed by atoms with van der Waals surface area (Å²) in [6, 6.07) is 26.7. The largest absolute Gasteiger partial charge is 0.493 e. The first-order chi connectivity index (χ1) is 37.8. The average molecular weight is 1100 g/mol. The van der Waals surface area contributed by atoms with Gasteiger partial charge in [0.1, 0.15) is 30.6 Å². The molecule has 4 amide bonds. The van der Waals surface area contributed by atoms with E-state index in [0.29, 0.717) is 72.9 Å². The molecular weight excluding hydrogens is 1030 g/mol. The van der Waals surface area contributed by atoms with Gasteiger partial charge in [-0.2, -0.15) is 0 Å². The molecule has 0 unspecified atom stereocenters. The van der Waals surface area contributed by atoms with Gasteiger partial charge in [0, 0.05) is 24.5 Å². The van der Waals surface area contributed by atoms with Crippen molar-refractivity contribution in [3.05, 3.63) is 173 Å². The first kappa shape index (κ1) is 56.0. The predicted molar refractivity (Wildman–Crippen MR) is 302 cm³/mol. The van der Waals surface area contributed by atoms with Crippen molar-refractivity contribution in [1.82, 2.24) is 9.80 Å². The standard InChI is InChI=1S/C62H68F2N4O10Si/c1-10-27-76-61(72)68-52-34-54(39(2)30-48(52)57(69)66-37-45(43-21-25-47(64)26-22-43)32-53(66)59(68)78-79(8,9)62(4,5)6)74-28-15-12-16-29-75-56-35-51-49(33-55(56)73-7)58(70)65-36-44(42-19-23-46(63)24-20-42)31-50(65)40(3)67(51)60(71)77-38-41-17-13-11-14-18-41/h10-11,13-14,17-26,30,33-37,40,50,53,59H,1,12,15-16,27-29,31-32,38H2,2-9H3/t40-,50-,53-,59-/m0/s1. The minimum absolute atomic E-state index is 0.0172. The zero-order valence-corrected chi connectivity index (χ0v) is 47.1. The number of carbonyl (C=O) groups is 4. The molecule has 0 radical (unpaired) electrons. The Morgan fingerprint density at radius 3 is 1.81 bits per heavy atom. The minimum Gasteiger partial charge on any atom is -0.493 e. The topological polar surface area (TPSA) is 137 Å². The molecule has 0 bridgehead atoms. The van der Waals surface area contributed by atoms with E-state index >= 15 is 0 Å². The summed E-state index contributed by atoms with van der Waals surface area (Å²) in [5.74, 6) is -0.272. The number of anilines is 2. The van der Waals surface area contributed by atoms with Crippen molar-refractivity contribution in [2.75, 3.05) is 36.7 Å². The van der Waals surface area contributed by atoms with Crippen molar-refractivity contribution in [3.8, 4) is 17.2 Å². The summed E-state index contributed by atoms with van der Waals surface area (Å²) >= 11 is 0. The van der Waals surface area contributed by atoms with E-state index in [-0.39, 0.29) is 59.4 Å². The first-order valence-electron chi connectivity index (χ1n) is 26.7. The van der Waals surface area contributed by atoms with Gasteiger partial charge in [0.25, 0.3) is 11.8 Å². The molecule has 0 saturated heterocycles. The Labute approximate surface area is 461 Å². The van der Waals surface area contributed by atoms with Gasteiger partial charge >= 0.3 is 12.2 Å². The predicted octanol–water partition coefficient (Wildman–Crippen LogP) is 13.5. The van der Waals surface area contributed by atoms with E-state index < -0.39 is 44.9 Å². The molecule has 4 atom stereocenters. The van der Waals surface area contributed by atoms with E-state index in [1.165, 1.54) is 47.3 Å². The number of amides is 4. The zero-order chi connectivity index (χ0) is 56.3. The van der Waals surface area contributed by atoms with Gasteiger partial charge in [-0.15, -0.1) is 0 Å². The molecule has 414 valence electrons. The van der Waals surface area contributed by atoms with Crippen molar-refractivity contribution < 1.29 is 56.1 Å². The highest BCUT2D eigenvalue weighted by Gasteiger charge is 2.51. The minimum atomic E-state index is -2.66. The Bertz CT molecular complexity index is 3180. The third-order valence-corrected chi connectivity index (χ3v) is 20.1. The lowest BCUT2D eigenvalue weighted by Gasteiger charge is -2.44. The Balaban J connectivity index is 0.924. The molecule has 0 fully saturated rings. The summed E-state index contributed by atoms with van der Waals surface area (Å²) in [6.45, 7) is 18.5. The number of carbonyl (C=O) groups excluding carboxylic acids is 4. The average Bonchev–Trinajstić information content (AvgIpc) is 4.29. The normalized spacial score (nSPS) is 18.8. The molecular formula is C62H68F2N4O10Si. The fourth-order valence-electron chi connectivity index (χ4n) is 10.2. The maximum atomic E-state index is 14.8. The number of halogens is 2. The van der Waals surface area contributed by atoms with E-state index in [1.807, 2.05) is 44.2 Å². The van der Waals surface area contributed by atoms with E-state index in [9.17, 15) is 28.0 Å². The van der Waals surface area contributed by atoms with Gasteiger partial charge in [0.2, 0.25) is 0 Å². The van der Waals surface area contributed by atoms with Crippen molar-refractivity contribution >= 4 is 54.8 Å². The monoisotopic (exact) mass is 1090 g/mol. The molecule has 0 saturated carbocycles. The second-order valence-electron chi connectivity index (χ2n) is 21.9. The quantitative estimate of drug-likeness (QED) is 0.0503. The van der Waals surface area contributed by atoms with Crippen LogP contribution >= 0.6 is 0 Å². The van der Waals surface area contributed by atoms with Gasteiger partial charge < -0.3 is 37.9 Å². The maximum Gasteiger partial charge on any atom is 0.416 e. The lowest BCUT2D eigenvalue weighted by Crippen LogP contribution is -2.57. The number of hydrogen-bond donors (Lipinski definition) is 0. The van der Waals surface area contributed by atoms with Crippen LogP contribution in [-0.2, 0) is 20.5 Å². The van der Waals surface area contributed by atoms with Crippen LogP contribution in [0.15, 0.2) is 128 Å². The van der Waals surface area contributed by atoms with E-state index in [4.69, 9.17) is 28.1 Å². The number of aryl methyl sites for hydroxylation is 1. The molecule has 17 heteroatoms. The first-order valence-corrected chi connectivity index (χ1v) is 29.6. The second kappa shape index (κ2) is 23.3. The van der Waals surface area contributed by atoms with Crippen LogP contribution < -0.4 is 24.0 Å². The summed E-state index contributed by atoms with van der Waals surface area (Å²) in [5, 5.41) is -0.271. The van der Waals surface area contributed by atoms with E-state index in [2.05, 4.69) is 40.4 Å². The lowest BCUT2D eigenvalue weighted by atomic mass is 9.98. The number of benzene rings is 5. The molecule has 5 aromatic carbocycles. The van der Waals surface area contributed by atoms with Crippen molar-refractivity contribution in [1.29, 1.82) is 0 Å². The summed E-state index contributed by atoms with van der Waals surface area (Å²) in [6.07, 6.45) is 5.39. The molecule has 4 aliphatic rings. The molecule has 5 aromatic rings. The fourth-order valence-corrected chi connectivity index (χ4v) is 11.5. The number of ether oxygens (including phenoxy) is 5. The molecule has 14 nitrogen and oxygen atoms in total. The number of methoxy groups -OCH3 is 1. The molecule has 0 aromatic heterocycles. The number of fused-ring (bicyclic) bond motifs is 4. The van der Waals surface area contributed by atoms with Crippen molar-refractivity contribution in [3.63, 3.8) is 0 Å². The highest BCUT2D eigenvalue weighted by atomic mass is 28.4. The molecule has 4 heterocycles. The van der Waals surface area contributed by atoms with Crippen molar-refractivity contribution in [2.45, 2.75) is 116 Å².